The summed E-state index contributed by atoms with van der Waals surface area (Å²) in [5.74, 6) is 0.124. The predicted octanol–water partition coefficient (Wildman–Crippen LogP) is 4.09. The highest BCUT2D eigenvalue weighted by Gasteiger charge is 2.22. The fraction of sp³-hybridized carbons (Fsp3) is 0.588. The molecular formula is C17H26O4. The lowest BCUT2D eigenvalue weighted by Gasteiger charge is -2.19. The molecule has 4 heteroatoms. The minimum Gasteiger partial charge on any atom is -0.490 e. The highest BCUT2D eigenvalue weighted by atomic mass is 16.5. The molecule has 0 heterocycles. The molecule has 2 atom stereocenters. The molecule has 118 valence electrons. The van der Waals surface area contributed by atoms with Gasteiger partial charge in [-0.2, -0.15) is 0 Å². The number of ether oxygens (including phenoxy) is 2. The molecular weight excluding hydrogens is 268 g/mol. The van der Waals surface area contributed by atoms with Crippen LogP contribution in [0.5, 0.6) is 11.5 Å². The van der Waals surface area contributed by atoms with Crippen molar-refractivity contribution in [2.75, 3.05) is 13.2 Å². The van der Waals surface area contributed by atoms with Crippen LogP contribution in [0.15, 0.2) is 18.2 Å². The van der Waals surface area contributed by atoms with Gasteiger partial charge in [-0.15, -0.1) is 0 Å². The van der Waals surface area contributed by atoms with Crippen molar-refractivity contribution >= 4 is 5.97 Å². The average Bonchev–Trinajstić information content (AvgIpc) is 2.49. The predicted molar refractivity (Wildman–Crippen MR) is 83.2 cm³/mol. The molecule has 0 aromatic heterocycles. The van der Waals surface area contributed by atoms with Crippen molar-refractivity contribution in [1.29, 1.82) is 0 Å². The lowest BCUT2D eigenvalue weighted by molar-refractivity contribution is -0.141. The second-order valence-corrected chi connectivity index (χ2v) is 5.32. The Bertz CT molecular complexity index is 456. The van der Waals surface area contributed by atoms with Crippen molar-refractivity contribution in [3.05, 3.63) is 23.8 Å². The summed E-state index contributed by atoms with van der Waals surface area (Å²) in [6.07, 6.45) is 1.85. The molecule has 1 aromatic carbocycles. The van der Waals surface area contributed by atoms with Crippen molar-refractivity contribution in [3.63, 3.8) is 0 Å². The zero-order chi connectivity index (χ0) is 15.8. The SMILES string of the molecule is CCCOc1ccc(C(C)C(C)C(=O)O)cc1OCCC. The van der Waals surface area contributed by atoms with Crippen LogP contribution in [0.25, 0.3) is 0 Å². The second kappa shape index (κ2) is 8.55. The Labute approximate surface area is 127 Å². The number of aliphatic carboxylic acids is 1. The first-order valence-corrected chi connectivity index (χ1v) is 7.63. The first kappa shape index (κ1) is 17.3. The normalized spacial score (nSPS) is 13.5. The molecule has 0 amide bonds. The van der Waals surface area contributed by atoms with Gasteiger partial charge in [0.1, 0.15) is 0 Å². The molecule has 1 N–H and O–H groups in total. The van der Waals surface area contributed by atoms with E-state index in [4.69, 9.17) is 14.6 Å². The number of rotatable bonds is 9. The smallest absolute Gasteiger partial charge is 0.306 e. The summed E-state index contributed by atoms with van der Waals surface area (Å²) in [6.45, 7) is 9.01. The number of benzene rings is 1. The van der Waals surface area contributed by atoms with Crippen LogP contribution in [0.3, 0.4) is 0 Å². The van der Waals surface area contributed by atoms with Crippen molar-refractivity contribution < 1.29 is 19.4 Å². The molecule has 21 heavy (non-hydrogen) atoms. The monoisotopic (exact) mass is 294 g/mol. The molecule has 0 spiro atoms. The maximum absolute atomic E-state index is 11.1. The van der Waals surface area contributed by atoms with E-state index in [-0.39, 0.29) is 5.92 Å². The van der Waals surface area contributed by atoms with E-state index in [2.05, 4.69) is 6.92 Å². The maximum atomic E-state index is 11.1. The van der Waals surface area contributed by atoms with Crippen LogP contribution in [-0.4, -0.2) is 24.3 Å². The lowest BCUT2D eigenvalue weighted by atomic mass is 9.89. The fourth-order valence-corrected chi connectivity index (χ4v) is 1.97. The molecule has 0 saturated heterocycles. The third kappa shape index (κ3) is 4.96. The molecule has 1 aromatic rings. The second-order valence-electron chi connectivity index (χ2n) is 5.32. The van der Waals surface area contributed by atoms with E-state index in [9.17, 15) is 4.79 Å². The third-order valence-electron chi connectivity index (χ3n) is 3.56. The van der Waals surface area contributed by atoms with Crippen LogP contribution in [0.2, 0.25) is 0 Å². The number of hydrogen-bond acceptors (Lipinski definition) is 3. The van der Waals surface area contributed by atoms with E-state index in [1.165, 1.54) is 0 Å². The molecule has 1 rings (SSSR count). The van der Waals surface area contributed by atoms with E-state index in [1.54, 1.807) is 6.92 Å². The summed E-state index contributed by atoms with van der Waals surface area (Å²) in [4.78, 5) is 11.1. The van der Waals surface area contributed by atoms with E-state index < -0.39 is 11.9 Å². The van der Waals surface area contributed by atoms with Crippen molar-refractivity contribution in [2.45, 2.75) is 46.5 Å². The zero-order valence-electron chi connectivity index (χ0n) is 13.4. The van der Waals surface area contributed by atoms with Crippen LogP contribution in [0.1, 0.15) is 52.0 Å². The molecule has 0 radical (unpaired) electrons. The maximum Gasteiger partial charge on any atom is 0.306 e. The Morgan fingerprint density at radius 3 is 2.19 bits per heavy atom. The molecule has 0 aliphatic carbocycles. The van der Waals surface area contributed by atoms with E-state index in [0.29, 0.717) is 19.0 Å². The summed E-state index contributed by atoms with van der Waals surface area (Å²) in [6, 6.07) is 5.71. The highest BCUT2D eigenvalue weighted by Crippen LogP contribution is 2.34. The standard InChI is InChI=1S/C17H26O4/c1-5-9-20-15-8-7-14(11-16(15)21-10-6-2)12(3)13(4)17(18)19/h7-8,11-13H,5-6,9-10H2,1-4H3,(H,18,19). The molecule has 0 saturated carbocycles. The fourth-order valence-electron chi connectivity index (χ4n) is 1.97. The van der Waals surface area contributed by atoms with Crippen LogP contribution >= 0.6 is 0 Å². The number of hydrogen-bond donors (Lipinski definition) is 1. The van der Waals surface area contributed by atoms with Crippen LogP contribution < -0.4 is 9.47 Å². The molecule has 0 aliphatic heterocycles. The van der Waals surface area contributed by atoms with E-state index in [0.717, 1.165) is 24.2 Å². The summed E-state index contributed by atoms with van der Waals surface area (Å²) in [5.41, 5.74) is 0.958. The first-order valence-electron chi connectivity index (χ1n) is 7.63. The van der Waals surface area contributed by atoms with Gasteiger partial charge in [0.25, 0.3) is 0 Å². The molecule has 2 unspecified atom stereocenters. The number of carboxylic acid groups (broad SMARTS) is 1. The van der Waals surface area contributed by atoms with Crippen LogP contribution in [0, 0.1) is 5.92 Å². The zero-order valence-corrected chi connectivity index (χ0v) is 13.4. The summed E-state index contributed by atoms with van der Waals surface area (Å²) >= 11 is 0. The van der Waals surface area contributed by atoms with Gasteiger partial charge in [-0.25, -0.2) is 0 Å². The first-order chi connectivity index (χ1) is 10.0. The molecule has 4 nitrogen and oxygen atoms in total. The van der Waals surface area contributed by atoms with Gasteiger partial charge in [0.15, 0.2) is 11.5 Å². The molecule has 0 bridgehead atoms. The van der Waals surface area contributed by atoms with Gasteiger partial charge >= 0.3 is 5.97 Å². The lowest BCUT2D eigenvalue weighted by Crippen LogP contribution is -2.16. The van der Waals surface area contributed by atoms with Gasteiger partial charge in [-0.05, 0) is 36.5 Å². The van der Waals surface area contributed by atoms with Crippen molar-refractivity contribution in [1.82, 2.24) is 0 Å². The minimum absolute atomic E-state index is 0.0771. The summed E-state index contributed by atoms with van der Waals surface area (Å²) in [7, 11) is 0. The van der Waals surface area contributed by atoms with E-state index in [1.807, 2.05) is 32.0 Å². The van der Waals surface area contributed by atoms with E-state index >= 15 is 0 Å². The Kier molecular flexibility index (Phi) is 7.06. The van der Waals surface area contributed by atoms with Crippen LogP contribution in [-0.2, 0) is 4.79 Å². The largest absolute Gasteiger partial charge is 0.490 e. The average molecular weight is 294 g/mol. The van der Waals surface area contributed by atoms with Gasteiger partial charge < -0.3 is 14.6 Å². The van der Waals surface area contributed by atoms with Gasteiger partial charge in [0.05, 0.1) is 19.1 Å². The number of carbonyl (C=O) groups is 1. The minimum atomic E-state index is -0.787. The number of carboxylic acids is 1. The van der Waals surface area contributed by atoms with Gasteiger partial charge in [0, 0.05) is 0 Å². The quantitative estimate of drug-likeness (QED) is 0.745. The molecule has 0 aliphatic rings. The highest BCUT2D eigenvalue weighted by molar-refractivity contribution is 5.71. The summed E-state index contributed by atoms with van der Waals surface area (Å²) < 4.78 is 11.4. The van der Waals surface area contributed by atoms with Gasteiger partial charge in [-0.3, -0.25) is 4.79 Å². The van der Waals surface area contributed by atoms with Gasteiger partial charge in [0.2, 0.25) is 0 Å². The van der Waals surface area contributed by atoms with Crippen molar-refractivity contribution in [3.8, 4) is 11.5 Å². The Morgan fingerprint density at radius 1 is 1.10 bits per heavy atom. The molecule has 0 fully saturated rings. The van der Waals surface area contributed by atoms with Crippen molar-refractivity contribution in [2.24, 2.45) is 5.92 Å². The van der Waals surface area contributed by atoms with Crippen LogP contribution in [0.4, 0.5) is 0 Å². The Hall–Kier alpha value is -1.71. The Balaban J connectivity index is 2.99. The van der Waals surface area contributed by atoms with Gasteiger partial charge in [-0.1, -0.05) is 33.8 Å². The third-order valence-corrected chi connectivity index (χ3v) is 3.56. The topological polar surface area (TPSA) is 55.8 Å². The Morgan fingerprint density at radius 2 is 1.67 bits per heavy atom. The summed E-state index contributed by atoms with van der Waals surface area (Å²) in [5, 5.41) is 9.14.